The first kappa shape index (κ1) is 5.03. The van der Waals surface area contributed by atoms with Crippen LogP contribution in [0, 0.1) is 0 Å². The molecule has 0 aliphatic carbocycles. The molecule has 0 atom stereocenters. The summed E-state index contributed by atoms with van der Waals surface area (Å²) in [5, 5.41) is 0. The van der Waals surface area contributed by atoms with Crippen LogP contribution in [0.5, 0.6) is 0 Å². The van der Waals surface area contributed by atoms with E-state index in [-0.39, 0.29) is 0 Å². The zero-order chi connectivity index (χ0) is 5.98. The monoisotopic (exact) mass is 110 g/mol. The molecule has 3 nitrogen and oxygen atoms in total. The summed E-state index contributed by atoms with van der Waals surface area (Å²) in [6, 6.07) is 0. The van der Waals surface area contributed by atoms with Crippen LogP contribution in [0.25, 0.3) is 6.20 Å². The van der Waals surface area contributed by atoms with Crippen molar-refractivity contribution in [3.8, 4) is 0 Å². The smallest absolute Gasteiger partial charge is 0.156 e. The van der Waals surface area contributed by atoms with E-state index in [0.717, 1.165) is 0 Å². The number of aromatic nitrogens is 3. The maximum atomic E-state index is 3.85. The van der Waals surface area contributed by atoms with E-state index in [4.69, 9.17) is 0 Å². The van der Waals surface area contributed by atoms with Crippen LogP contribution in [-0.4, -0.2) is 9.67 Å². The largest absolute Gasteiger partial charge is 0.306 e. The molecule has 0 bridgehead atoms. The molecule has 1 aromatic rings. The van der Waals surface area contributed by atoms with Crippen LogP contribution in [0.3, 0.4) is 0 Å². The summed E-state index contributed by atoms with van der Waals surface area (Å²) in [4.78, 5) is 3.85. The highest BCUT2D eigenvalue weighted by Gasteiger charge is 1.93. The predicted molar refractivity (Wildman–Crippen MR) is 29.8 cm³/mol. The average Bonchev–Trinajstić information content (AvgIpc) is 2.14. The Hall–Kier alpha value is -1.12. The van der Waals surface area contributed by atoms with Gasteiger partial charge in [0.05, 0.1) is 0 Å². The van der Waals surface area contributed by atoms with Crippen molar-refractivity contribution in [1.29, 1.82) is 0 Å². The van der Waals surface area contributed by atoms with Gasteiger partial charge in [0.15, 0.2) is 0 Å². The molecule has 0 saturated heterocycles. The quantitative estimate of drug-likeness (QED) is 0.459. The molecule has 3 heteroatoms. The Labute approximate surface area is 47.9 Å². The molecule has 0 spiro atoms. The minimum Gasteiger partial charge on any atom is -0.156 e. The van der Waals surface area contributed by atoms with E-state index in [9.17, 15) is 0 Å². The molecule has 0 aliphatic rings. The van der Waals surface area contributed by atoms with Crippen molar-refractivity contribution < 1.29 is 4.68 Å². The van der Waals surface area contributed by atoms with Gasteiger partial charge in [0, 0.05) is 6.20 Å². The van der Waals surface area contributed by atoms with Crippen LogP contribution < -0.4 is 4.68 Å². The van der Waals surface area contributed by atoms with E-state index in [2.05, 4.69) is 11.6 Å². The van der Waals surface area contributed by atoms with Crippen LogP contribution in [0.1, 0.15) is 0 Å². The summed E-state index contributed by atoms with van der Waals surface area (Å²) < 4.78 is 3.60. The number of nitrogens with zero attached hydrogens (tertiary/aromatic N) is 3. The van der Waals surface area contributed by atoms with E-state index in [0.29, 0.717) is 0 Å². The van der Waals surface area contributed by atoms with Crippen molar-refractivity contribution in [2.75, 3.05) is 0 Å². The Morgan fingerprint density at radius 2 is 2.62 bits per heavy atom. The van der Waals surface area contributed by atoms with E-state index in [1.54, 1.807) is 23.5 Å². The minimum atomic E-state index is 1.69. The topological polar surface area (TPSA) is 21.7 Å². The first-order valence-electron chi connectivity index (χ1n) is 2.35. The Bertz CT molecular complexity index is 189. The first-order chi connectivity index (χ1) is 3.84. The number of hydrogen-bond acceptors (Lipinski definition) is 1. The third-order valence-corrected chi connectivity index (χ3v) is 0.970. The first-order valence-corrected chi connectivity index (χ1v) is 2.35. The minimum absolute atomic E-state index is 1.69. The van der Waals surface area contributed by atoms with Gasteiger partial charge < -0.3 is 0 Å². The van der Waals surface area contributed by atoms with E-state index in [1.165, 1.54) is 0 Å². The van der Waals surface area contributed by atoms with Gasteiger partial charge >= 0.3 is 6.33 Å². The SMILES string of the molecule is C=Cn1cnc[n+]1C. The molecule has 0 amide bonds. The number of aryl methyl sites for hydroxylation is 1. The highest BCUT2D eigenvalue weighted by Crippen LogP contribution is 1.71. The molecule has 0 unspecified atom stereocenters. The van der Waals surface area contributed by atoms with Crippen molar-refractivity contribution in [2.24, 2.45) is 7.05 Å². The van der Waals surface area contributed by atoms with E-state index >= 15 is 0 Å². The molecular formula is C5H8N3+. The molecule has 0 aliphatic heterocycles. The van der Waals surface area contributed by atoms with Crippen molar-refractivity contribution in [3.63, 3.8) is 0 Å². The van der Waals surface area contributed by atoms with Gasteiger partial charge in [-0.25, -0.2) is 0 Å². The van der Waals surface area contributed by atoms with Gasteiger partial charge in [-0.05, 0) is 4.98 Å². The lowest BCUT2D eigenvalue weighted by Gasteiger charge is -1.85. The predicted octanol–water partition coefficient (Wildman–Crippen LogP) is -0.192. The normalized spacial score (nSPS) is 9.12. The maximum absolute atomic E-state index is 3.85. The summed E-state index contributed by atoms with van der Waals surface area (Å²) >= 11 is 0. The van der Waals surface area contributed by atoms with Crippen molar-refractivity contribution in [2.45, 2.75) is 0 Å². The average molecular weight is 110 g/mol. The van der Waals surface area contributed by atoms with Gasteiger partial charge in [-0.1, -0.05) is 6.58 Å². The lowest BCUT2D eigenvalue weighted by Crippen LogP contribution is -2.34. The standard InChI is InChI=1S/C5H8N3/c1-3-8-5-6-4-7(8)2/h3-5H,1H2,2H3/q+1. The highest BCUT2D eigenvalue weighted by molar-refractivity contribution is 5.08. The lowest BCUT2D eigenvalue weighted by molar-refractivity contribution is -0.743. The summed E-state index contributed by atoms with van der Waals surface area (Å²) in [7, 11) is 1.90. The summed E-state index contributed by atoms with van der Waals surface area (Å²) in [5.74, 6) is 0. The van der Waals surface area contributed by atoms with Crippen LogP contribution in [0.15, 0.2) is 19.2 Å². The van der Waals surface area contributed by atoms with Crippen LogP contribution in [-0.2, 0) is 7.05 Å². The van der Waals surface area contributed by atoms with Crippen LogP contribution >= 0.6 is 0 Å². The molecule has 0 radical (unpaired) electrons. The summed E-state index contributed by atoms with van der Waals surface area (Å²) in [5.41, 5.74) is 0. The Morgan fingerprint density at radius 1 is 1.88 bits per heavy atom. The zero-order valence-corrected chi connectivity index (χ0v) is 4.78. The molecule has 42 valence electrons. The van der Waals surface area contributed by atoms with Gasteiger partial charge in [-0.15, -0.1) is 0 Å². The second kappa shape index (κ2) is 1.78. The molecule has 8 heavy (non-hydrogen) atoms. The highest BCUT2D eigenvalue weighted by atomic mass is 15.4. The number of rotatable bonds is 1. The van der Waals surface area contributed by atoms with Crippen molar-refractivity contribution >= 4 is 6.20 Å². The fourth-order valence-corrected chi connectivity index (χ4v) is 0.512. The molecule has 0 aromatic carbocycles. The van der Waals surface area contributed by atoms with Crippen LogP contribution in [0.2, 0.25) is 0 Å². The van der Waals surface area contributed by atoms with Gasteiger partial charge in [-0.2, -0.15) is 9.36 Å². The molecular weight excluding hydrogens is 102 g/mol. The van der Waals surface area contributed by atoms with E-state index < -0.39 is 0 Å². The fraction of sp³-hybridized carbons (Fsp3) is 0.200. The van der Waals surface area contributed by atoms with E-state index in [1.807, 2.05) is 11.7 Å². The van der Waals surface area contributed by atoms with Crippen LogP contribution in [0.4, 0.5) is 0 Å². The van der Waals surface area contributed by atoms with Gasteiger partial charge in [0.2, 0.25) is 6.33 Å². The molecule has 0 N–H and O–H groups in total. The third kappa shape index (κ3) is 0.621. The second-order valence-electron chi connectivity index (χ2n) is 1.52. The lowest BCUT2D eigenvalue weighted by atomic mass is 11.0. The Balaban J connectivity index is 3.09. The van der Waals surface area contributed by atoms with Gasteiger partial charge in [-0.3, -0.25) is 0 Å². The molecule has 0 saturated carbocycles. The number of hydrogen-bond donors (Lipinski definition) is 0. The Morgan fingerprint density at radius 3 is 2.88 bits per heavy atom. The second-order valence-corrected chi connectivity index (χ2v) is 1.52. The van der Waals surface area contributed by atoms with Crippen molar-refractivity contribution in [3.05, 3.63) is 19.2 Å². The molecule has 0 fully saturated rings. The third-order valence-electron chi connectivity index (χ3n) is 0.970. The van der Waals surface area contributed by atoms with Gasteiger partial charge in [0.25, 0.3) is 0 Å². The Kier molecular flexibility index (Phi) is 1.12. The molecule has 1 rings (SSSR count). The van der Waals surface area contributed by atoms with Crippen molar-refractivity contribution in [1.82, 2.24) is 9.67 Å². The maximum Gasteiger partial charge on any atom is 0.306 e. The molecule has 1 heterocycles. The van der Waals surface area contributed by atoms with Gasteiger partial charge in [0.1, 0.15) is 7.05 Å². The fourth-order valence-electron chi connectivity index (χ4n) is 0.512. The summed E-state index contributed by atoms with van der Waals surface area (Å²) in [6.07, 6.45) is 5.08. The zero-order valence-electron chi connectivity index (χ0n) is 4.78. The summed E-state index contributed by atoms with van der Waals surface area (Å²) in [6.45, 7) is 3.57. The molecule has 1 aromatic heterocycles.